The third-order valence-electron chi connectivity index (χ3n) is 2.62. The molecule has 1 rings (SSSR count). The van der Waals surface area contributed by atoms with Crippen LogP contribution in [0.1, 0.15) is 38.1 Å². The highest BCUT2D eigenvalue weighted by atomic mass is 35.5. The summed E-state index contributed by atoms with van der Waals surface area (Å²) in [4.78, 5) is 16.2. The number of anilines is 1. The van der Waals surface area contributed by atoms with Crippen LogP contribution in [0.5, 0.6) is 0 Å². The first kappa shape index (κ1) is 16.7. The van der Waals surface area contributed by atoms with Gasteiger partial charge in [-0.3, -0.25) is 4.79 Å². The zero-order valence-electron chi connectivity index (χ0n) is 12.4. The van der Waals surface area contributed by atoms with E-state index in [0.717, 1.165) is 0 Å². The number of ether oxygens (including phenoxy) is 1. The van der Waals surface area contributed by atoms with Gasteiger partial charge >= 0.3 is 0 Å². The molecule has 0 bridgehead atoms. The fourth-order valence-corrected chi connectivity index (χ4v) is 1.95. The summed E-state index contributed by atoms with van der Waals surface area (Å²) in [6.07, 6.45) is 0. The number of nitrogens with one attached hydrogen (secondary N) is 2. The van der Waals surface area contributed by atoms with Gasteiger partial charge in [-0.15, -0.1) is 0 Å². The summed E-state index contributed by atoms with van der Waals surface area (Å²) in [6, 6.07) is 3.23. The van der Waals surface area contributed by atoms with Gasteiger partial charge in [0.1, 0.15) is 11.0 Å². The summed E-state index contributed by atoms with van der Waals surface area (Å²) < 4.78 is 5.54. The second kappa shape index (κ2) is 7.45. The van der Waals surface area contributed by atoms with Gasteiger partial charge in [0.15, 0.2) is 0 Å². The maximum absolute atomic E-state index is 12.1. The van der Waals surface area contributed by atoms with Gasteiger partial charge in [-0.05, 0) is 39.8 Å². The van der Waals surface area contributed by atoms with Gasteiger partial charge in [0.2, 0.25) is 0 Å². The summed E-state index contributed by atoms with van der Waals surface area (Å²) in [5.41, 5.74) is 0.0828. The number of hydrogen-bond donors (Lipinski definition) is 2. The van der Waals surface area contributed by atoms with Crippen molar-refractivity contribution in [2.75, 3.05) is 25.0 Å². The number of rotatable bonds is 7. The number of nitrogens with zero attached hydrogens (tertiary/aromatic N) is 1. The van der Waals surface area contributed by atoms with Gasteiger partial charge in [0.05, 0.1) is 5.60 Å². The van der Waals surface area contributed by atoms with Crippen molar-refractivity contribution in [3.63, 3.8) is 0 Å². The smallest absolute Gasteiger partial charge is 0.251 e. The quantitative estimate of drug-likeness (QED) is 0.760. The summed E-state index contributed by atoms with van der Waals surface area (Å²) in [7, 11) is 0. The summed E-state index contributed by atoms with van der Waals surface area (Å²) >= 11 is 5.91. The van der Waals surface area contributed by atoms with Gasteiger partial charge in [-0.2, -0.15) is 0 Å². The van der Waals surface area contributed by atoms with Gasteiger partial charge in [-0.25, -0.2) is 4.98 Å². The van der Waals surface area contributed by atoms with Crippen LogP contribution in [0.25, 0.3) is 0 Å². The Morgan fingerprint density at radius 2 is 2.10 bits per heavy atom. The minimum atomic E-state index is -0.397. The molecule has 0 saturated heterocycles. The molecule has 0 aliphatic rings. The Morgan fingerprint density at radius 1 is 1.40 bits per heavy atom. The van der Waals surface area contributed by atoms with Crippen molar-refractivity contribution in [2.24, 2.45) is 0 Å². The molecule has 1 amide bonds. The SMILES string of the molecule is CCNc1cc(C(=O)NCC(C)(C)OCC)cc(Cl)n1. The molecule has 0 fully saturated rings. The van der Waals surface area contributed by atoms with E-state index in [9.17, 15) is 4.79 Å². The molecule has 0 saturated carbocycles. The summed E-state index contributed by atoms with van der Waals surface area (Å²) in [6.45, 7) is 9.49. The first-order valence-corrected chi connectivity index (χ1v) is 7.09. The van der Waals surface area contributed by atoms with Gasteiger partial charge < -0.3 is 15.4 Å². The Labute approximate surface area is 125 Å². The second-order valence-electron chi connectivity index (χ2n) is 4.97. The molecular formula is C14H22ClN3O2. The first-order chi connectivity index (χ1) is 9.38. The third kappa shape index (κ3) is 5.35. The molecule has 1 aromatic heterocycles. The summed E-state index contributed by atoms with van der Waals surface area (Å²) in [5.74, 6) is 0.399. The Kier molecular flexibility index (Phi) is 6.23. The van der Waals surface area contributed by atoms with E-state index in [1.54, 1.807) is 12.1 Å². The molecule has 112 valence electrons. The molecule has 0 spiro atoms. The van der Waals surface area contributed by atoms with E-state index in [1.165, 1.54) is 0 Å². The van der Waals surface area contributed by atoms with Gasteiger partial charge in [0.25, 0.3) is 5.91 Å². The molecule has 1 heterocycles. The van der Waals surface area contributed by atoms with Crippen LogP contribution in [-0.2, 0) is 4.74 Å². The molecule has 0 atom stereocenters. The maximum atomic E-state index is 12.1. The van der Waals surface area contributed by atoms with Crippen molar-refractivity contribution >= 4 is 23.3 Å². The van der Waals surface area contributed by atoms with Crippen molar-refractivity contribution in [1.82, 2.24) is 10.3 Å². The molecule has 6 heteroatoms. The standard InChI is InChI=1S/C14H22ClN3O2/c1-5-16-12-8-10(7-11(15)18-12)13(19)17-9-14(3,4)20-6-2/h7-8H,5-6,9H2,1-4H3,(H,16,18)(H,17,19). The third-order valence-corrected chi connectivity index (χ3v) is 2.82. The normalized spacial score (nSPS) is 11.2. The maximum Gasteiger partial charge on any atom is 0.251 e. The lowest BCUT2D eigenvalue weighted by Gasteiger charge is -2.24. The predicted molar refractivity (Wildman–Crippen MR) is 81.4 cm³/mol. The summed E-state index contributed by atoms with van der Waals surface area (Å²) in [5, 5.41) is 6.17. The lowest BCUT2D eigenvalue weighted by Crippen LogP contribution is -2.40. The molecule has 5 nitrogen and oxygen atoms in total. The van der Waals surface area contributed by atoms with Crippen LogP contribution in [0.2, 0.25) is 5.15 Å². The van der Waals surface area contributed by atoms with Crippen LogP contribution < -0.4 is 10.6 Å². The van der Waals surface area contributed by atoms with Crippen LogP contribution >= 0.6 is 11.6 Å². The Balaban J connectivity index is 2.72. The molecule has 1 aromatic rings. The van der Waals surface area contributed by atoms with Gasteiger partial charge in [0, 0.05) is 25.3 Å². The molecule has 20 heavy (non-hydrogen) atoms. The minimum Gasteiger partial charge on any atom is -0.374 e. The van der Waals surface area contributed by atoms with E-state index in [4.69, 9.17) is 16.3 Å². The molecule has 0 aromatic carbocycles. The minimum absolute atomic E-state index is 0.193. The lowest BCUT2D eigenvalue weighted by atomic mass is 10.1. The molecular weight excluding hydrogens is 278 g/mol. The van der Waals surface area contributed by atoms with E-state index >= 15 is 0 Å². The van der Waals surface area contributed by atoms with Crippen LogP contribution in [0, 0.1) is 0 Å². The molecule has 0 unspecified atom stereocenters. The van der Waals surface area contributed by atoms with E-state index in [2.05, 4.69) is 15.6 Å². The highest BCUT2D eigenvalue weighted by Gasteiger charge is 2.19. The molecule has 0 aliphatic carbocycles. The van der Waals surface area contributed by atoms with Crippen molar-refractivity contribution in [3.05, 3.63) is 22.8 Å². The molecule has 2 N–H and O–H groups in total. The van der Waals surface area contributed by atoms with E-state index in [0.29, 0.717) is 31.1 Å². The van der Waals surface area contributed by atoms with Crippen LogP contribution in [0.15, 0.2) is 12.1 Å². The fourth-order valence-electron chi connectivity index (χ4n) is 1.74. The fraction of sp³-hybridized carbons (Fsp3) is 0.571. The number of amides is 1. The van der Waals surface area contributed by atoms with Crippen molar-refractivity contribution < 1.29 is 9.53 Å². The van der Waals surface area contributed by atoms with E-state index in [1.807, 2.05) is 27.7 Å². The lowest BCUT2D eigenvalue weighted by molar-refractivity contribution is -0.00815. The number of carbonyl (C=O) groups excluding carboxylic acids is 1. The van der Waals surface area contributed by atoms with Crippen molar-refractivity contribution in [3.8, 4) is 0 Å². The zero-order valence-corrected chi connectivity index (χ0v) is 13.2. The topological polar surface area (TPSA) is 63.2 Å². The Morgan fingerprint density at radius 3 is 2.70 bits per heavy atom. The average Bonchev–Trinajstić information content (AvgIpc) is 2.35. The number of pyridine rings is 1. The number of aromatic nitrogens is 1. The van der Waals surface area contributed by atoms with E-state index in [-0.39, 0.29) is 11.1 Å². The molecule has 0 aliphatic heterocycles. The number of halogens is 1. The highest BCUT2D eigenvalue weighted by Crippen LogP contribution is 2.15. The van der Waals surface area contributed by atoms with Crippen molar-refractivity contribution in [2.45, 2.75) is 33.3 Å². The Hall–Kier alpha value is -1.33. The van der Waals surface area contributed by atoms with Crippen LogP contribution in [0.4, 0.5) is 5.82 Å². The van der Waals surface area contributed by atoms with Crippen molar-refractivity contribution in [1.29, 1.82) is 0 Å². The number of hydrogen-bond acceptors (Lipinski definition) is 4. The Bertz CT molecular complexity index is 464. The predicted octanol–water partition coefficient (Wildman–Crippen LogP) is 2.71. The monoisotopic (exact) mass is 299 g/mol. The van der Waals surface area contributed by atoms with Crippen LogP contribution in [0.3, 0.4) is 0 Å². The highest BCUT2D eigenvalue weighted by molar-refractivity contribution is 6.29. The number of carbonyl (C=O) groups is 1. The zero-order chi connectivity index (χ0) is 15.2. The van der Waals surface area contributed by atoms with E-state index < -0.39 is 5.60 Å². The van der Waals surface area contributed by atoms with Crippen LogP contribution in [-0.4, -0.2) is 36.2 Å². The second-order valence-corrected chi connectivity index (χ2v) is 5.36. The largest absolute Gasteiger partial charge is 0.374 e. The first-order valence-electron chi connectivity index (χ1n) is 6.71. The van der Waals surface area contributed by atoms with Gasteiger partial charge in [-0.1, -0.05) is 11.6 Å². The molecule has 0 radical (unpaired) electrons. The average molecular weight is 300 g/mol.